The monoisotopic (exact) mass is 375 g/mol. The number of amides is 2. The number of halogens is 3. The van der Waals surface area contributed by atoms with Crippen LogP contribution in [0.2, 0.25) is 0 Å². The van der Waals surface area contributed by atoms with Crippen LogP contribution < -0.4 is 10.2 Å². The highest BCUT2D eigenvalue weighted by molar-refractivity contribution is 5.95. The van der Waals surface area contributed by atoms with Gasteiger partial charge in [-0.25, -0.2) is 0 Å². The van der Waals surface area contributed by atoms with Crippen LogP contribution in [0.3, 0.4) is 0 Å². The molecule has 2 aromatic carbocycles. The van der Waals surface area contributed by atoms with Crippen LogP contribution in [0.25, 0.3) is 0 Å². The van der Waals surface area contributed by atoms with Crippen LogP contribution in [0.4, 0.5) is 24.5 Å². The number of hydrogen-bond acceptors (Lipinski definition) is 3. The van der Waals surface area contributed by atoms with E-state index in [9.17, 15) is 22.8 Å². The van der Waals surface area contributed by atoms with E-state index in [1.165, 1.54) is 42.2 Å². The Bertz CT molecular complexity index is 871. The lowest BCUT2D eigenvalue weighted by molar-refractivity contribution is -0.137. The van der Waals surface area contributed by atoms with E-state index in [2.05, 4.69) is 5.32 Å². The molecule has 0 aliphatic heterocycles. The molecule has 5 nitrogen and oxygen atoms in total. The molecular weight excluding hydrogens is 359 g/mol. The average Bonchev–Trinajstić information content (AvgIpc) is 2.61. The number of alkyl halides is 3. The normalized spacial score (nSPS) is 10.8. The van der Waals surface area contributed by atoms with Gasteiger partial charge in [-0.3, -0.25) is 9.59 Å². The highest BCUT2D eigenvalue weighted by Gasteiger charge is 2.33. The van der Waals surface area contributed by atoms with E-state index in [-0.39, 0.29) is 24.6 Å². The molecule has 140 valence electrons. The molecular formula is C19H16F3N3O2. The maximum Gasteiger partial charge on any atom is 0.418 e. The molecule has 2 aromatic rings. The minimum atomic E-state index is -4.59. The predicted molar refractivity (Wildman–Crippen MR) is 93.9 cm³/mol. The SMILES string of the molecule is CC(=O)N(CCC(=O)Nc1ccccc1C(F)(F)F)c1ccc(C#N)cc1. The second kappa shape index (κ2) is 8.36. The van der Waals surface area contributed by atoms with E-state index in [1.807, 2.05) is 6.07 Å². The third-order valence-corrected chi connectivity index (χ3v) is 3.76. The number of benzene rings is 2. The summed E-state index contributed by atoms with van der Waals surface area (Å²) in [4.78, 5) is 25.2. The molecule has 2 rings (SSSR count). The van der Waals surface area contributed by atoms with Gasteiger partial charge in [-0.1, -0.05) is 12.1 Å². The number of nitrogens with one attached hydrogen (secondary N) is 1. The van der Waals surface area contributed by atoms with Crippen molar-refractivity contribution >= 4 is 23.2 Å². The van der Waals surface area contributed by atoms with Crippen molar-refractivity contribution < 1.29 is 22.8 Å². The number of anilines is 2. The Kier molecular flexibility index (Phi) is 6.19. The summed E-state index contributed by atoms with van der Waals surface area (Å²) < 4.78 is 38.9. The minimum absolute atomic E-state index is 0.0126. The molecule has 0 heterocycles. The summed E-state index contributed by atoms with van der Waals surface area (Å²) in [5, 5.41) is 11.0. The highest BCUT2D eigenvalue weighted by Crippen LogP contribution is 2.34. The Hall–Kier alpha value is -3.34. The molecule has 2 amide bonds. The summed E-state index contributed by atoms with van der Waals surface area (Å²) in [6.45, 7) is 1.30. The number of carbonyl (C=O) groups is 2. The molecule has 0 radical (unpaired) electrons. The molecule has 27 heavy (non-hydrogen) atoms. The van der Waals surface area contributed by atoms with Gasteiger partial charge in [0.15, 0.2) is 0 Å². The molecule has 0 aromatic heterocycles. The van der Waals surface area contributed by atoms with E-state index in [1.54, 1.807) is 12.1 Å². The van der Waals surface area contributed by atoms with Crippen molar-refractivity contribution in [2.75, 3.05) is 16.8 Å². The molecule has 0 spiro atoms. The fourth-order valence-electron chi connectivity index (χ4n) is 2.45. The summed E-state index contributed by atoms with van der Waals surface area (Å²) in [6.07, 6.45) is -4.77. The second-order valence-corrected chi connectivity index (χ2v) is 5.67. The van der Waals surface area contributed by atoms with Crippen molar-refractivity contribution in [3.05, 3.63) is 59.7 Å². The first-order chi connectivity index (χ1) is 12.7. The van der Waals surface area contributed by atoms with Gasteiger partial charge in [-0.15, -0.1) is 0 Å². The van der Waals surface area contributed by atoms with E-state index >= 15 is 0 Å². The van der Waals surface area contributed by atoms with Crippen LogP contribution in [0, 0.1) is 11.3 Å². The van der Waals surface area contributed by atoms with E-state index in [4.69, 9.17) is 5.26 Å². The lowest BCUT2D eigenvalue weighted by Crippen LogP contribution is -2.32. The first-order valence-electron chi connectivity index (χ1n) is 7.96. The third kappa shape index (κ3) is 5.31. The van der Waals surface area contributed by atoms with Gasteiger partial charge in [-0.05, 0) is 36.4 Å². The van der Waals surface area contributed by atoms with Crippen LogP contribution >= 0.6 is 0 Å². The van der Waals surface area contributed by atoms with Crippen molar-refractivity contribution in [1.29, 1.82) is 5.26 Å². The fraction of sp³-hybridized carbons (Fsp3) is 0.211. The van der Waals surface area contributed by atoms with Crippen molar-refractivity contribution in [1.82, 2.24) is 0 Å². The molecule has 0 unspecified atom stereocenters. The van der Waals surface area contributed by atoms with Crippen LogP contribution in [0.1, 0.15) is 24.5 Å². The molecule has 0 saturated carbocycles. The Morgan fingerprint density at radius 1 is 1.11 bits per heavy atom. The number of hydrogen-bond donors (Lipinski definition) is 1. The summed E-state index contributed by atoms with van der Waals surface area (Å²) in [7, 11) is 0. The van der Waals surface area contributed by atoms with Crippen molar-refractivity contribution in [2.24, 2.45) is 0 Å². The fourth-order valence-corrected chi connectivity index (χ4v) is 2.45. The zero-order valence-corrected chi connectivity index (χ0v) is 14.4. The molecule has 0 fully saturated rings. The maximum atomic E-state index is 13.0. The van der Waals surface area contributed by atoms with Gasteiger partial charge in [0.2, 0.25) is 11.8 Å². The molecule has 0 bridgehead atoms. The first-order valence-corrected chi connectivity index (χ1v) is 7.96. The zero-order chi connectivity index (χ0) is 20.0. The van der Waals surface area contributed by atoms with E-state index in [0.29, 0.717) is 11.3 Å². The zero-order valence-electron chi connectivity index (χ0n) is 14.4. The van der Waals surface area contributed by atoms with Crippen molar-refractivity contribution in [3.8, 4) is 6.07 Å². The van der Waals surface area contributed by atoms with Gasteiger partial charge in [0, 0.05) is 25.6 Å². The van der Waals surface area contributed by atoms with Crippen LogP contribution in [0.15, 0.2) is 48.5 Å². The maximum absolute atomic E-state index is 13.0. The topological polar surface area (TPSA) is 73.2 Å². The largest absolute Gasteiger partial charge is 0.418 e. The van der Waals surface area contributed by atoms with Gasteiger partial charge < -0.3 is 10.2 Å². The van der Waals surface area contributed by atoms with Crippen LogP contribution in [-0.4, -0.2) is 18.4 Å². The lowest BCUT2D eigenvalue weighted by Gasteiger charge is -2.21. The molecule has 0 aliphatic rings. The summed E-state index contributed by atoms with van der Waals surface area (Å²) in [5.74, 6) is -0.977. The average molecular weight is 375 g/mol. The second-order valence-electron chi connectivity index (χ2n) is 5.67. The molecule has 0 atom stereocenters. The van der Waals surface area contributed by atoms with E-state index < -0.39 is 17.6 Å². The summed E-state index contributed by atoms with van der Waals surface area (Å²) >= 11 is 0. The molecule has 1 N–H and O–H groups in total. The molecule has 0 aliphatic carbocycles. The smallest absolute Gasteiger partial charge is 0.325 e. The Morgan fingerprint density at radius 2 is 1.74 bits per heavy atom. The highest BCUT2D eigenvalue weighted by atomic mass is 19.4. The van der Waals surface area contributed by atoms with Gasteiger partial charge in [0.05, 0.1) is 22.9 Å². The van der Waals surface area contributed by atoms with Crippen LogP contribution in [0.5, 0.6) is 0 Å². The number of para-hydroxylation sites is 1. The van der Waals surface area contributed by atoms with Crippen molar-refractivity contribution in [3.63, 3.8) is 0 Å². The number of carbonyl (C=O) groups excluding carboxylic acids is 2. The van der Waals surface area contributed by atoms with E-state index in [0.717, 1.165) is 6.07 Å². The molecule has 0 saturated heterocycles. The minimum Gasteiger partial charge on any atom is -0.325 e. The third-order valence-electron chi connectivity index (χ3n) is 3.76. The molecule has 8 heteroatoms. The van der Waals surface area contributed by atoms with Gasteiger partial charge in [0.25, 0.3) is 0 Å². The summed E-state index contributed by atoms with van der Waals surface area (Å²) in [6, 6.07) is 12.8. The van der Waals surface area contributed by atoms with Crippen molar-refractivity contribution in [2.45, 2.75) is 19.5 Å². The standard InChI is InChI=1S/C19H16F3N3O2/c1-13(26)25(15-8-6-14(12-23)7-9-15)11-10-18(27)24-17-5-3-2-4-16(17)19(20,21)22/h2-9H,10-11H2,1H3,(H,24,27). The van der Waals surface area contributed by atoms with Crippen LogP contribution in [-0.2, 0) is 15.8 Å². The quantitative estimate of drug-likeness (QED) is 0.860. The first kappa shape index (κ1) is 20.0. The Balaban J connectivity index is 2.07. The predicted octanol–water partition coefficient (Wildman–Crippen LogP) is 3.96. The Labute approximate surface area is 154 Å². The number of nitriles is 1. The van der Waals surface area contributed by atoms with Gasteiger partial charge >= 0.3 is 6.18 Å². The lowest BCUT2D eigenvalue weighted by atomic mass is 10.1. The number of nitrogens with zero attached hydrogens (tertiary/aromatic N) is 2. The summed E-state index contributed by atoms with van der Waals surface area (Å²) in [5.41, 5.74) is -0.356. The Morgan fingerprint density at radius 3 is 2.30 bits per heavy atom. The van der Waals surface area contributed by atoms with Gasteiger partial charge in [-0.2, -0.15) is 18.4 Å². The van der Waals surface area contributed by atoms with Gasteiger partial charge in [0.1, 0.15) is 0 Å². The number of rotatable bonds is 5.